The Balaban J connectivity index is 1.83. The van der Waals surface area contributed by atoms with E-state index >= 15 is 0 Å². The molecule has 0 aliphatic carbocycles. The van der Waals surface area contributed by atoms with Crippen molar-refractivity contribution in [3.63, 3.8) is 0 Å². The summed E-state index contributed by atoms with van der Waals surface area (Å²) in [6, 6.07) is 6.52. The maximum Gasteiger partial charge on any atom is 0.251 e. The third kappa shape index (κ3) is 4.37. The lowest BCUT2D eigenvalue weighted by molar-refractivity contribution is 0.0730. The highest BCUT2D eigenvalue weighted by atomic mass is 32.2. The van der Waals surface area contributed by atoms with Gasteiger partial charge in [-0.15, -0.1) is 0 Å². The lowest BCUT2D eigenvalue weighted by Gasteiger charge is -2.27. The summed E-state index contributed by atoms with van der Waals surface area (Å²) in [5, 5.41) is 6.56. The molecule has 1 aliphatic heterocycles. The van der Waals surface area contributed by atoms with Gasteiger partial charge in [-0.1, -0.05) is 18.1 Å². The molecule has 146 valence electrons. The quantitative estimate of drug-likeness (QED) is 0.798. The molecular formula is C18H23N3O5S. The van der Waals surface area contributed by atoms with Gasteiger partial charge < -0.3 is 14.6 Å². The lowest BCUT2D eigenvalue weighted by atomic mass is 10.1. The zero-order chi connectivity index (χ0) is 19.4. The molecule has 27 heavy (non-hydrogen) atoms. The van der Waals surface area contributed by atoms with Crippen LogP contribution >= 0.6 is 0 Å². The molecular weight excluding hydrogens is 370 g/mol. The molecule has 9 heteroatoms. The number of nitrogens with one attached hydrogen (secondary N) is 1. The summed E-state index contributed by atoms with van der Waals surface area (Å²) in [6.07, 6.45) is 0.555. The van der Waals surface area contributed by atoms with E-state index in [4.69, 9.17) is 9.26 Å². The standard InChI is InChI=1S/C18H23N3O5S/c1-3-14-4-5-15(18(22)19-12-16-10-13(2)26-20-16)11-17(14)27(23,24)21-6-8-25-9-7-21/h4-5,10-11H,3,6-9,12H2,1-2H3,(H,19,22). The molecule has 0 bridgehead atoms. The van der Waals surface area contributed by atoms with Gasteiger partial charge in [0.25, 0.3) is 5.91 Å². The molecule has 2 aromatic rings. The van der Waals surface area contributed by atoms with Gasteiger partial charge in [-0.2, -0.15) is 4.31 Å². The molecule has 1 aliphatic rings. The Morgan fingerprint density at radius 1 is 1.26 bits per heavy atom. The molecule has 1 fully saturated rings. The van der Waals surface area contributed by atoms with Crippen LogP contribution in [-0.2, 0) is 27.7 Å². The molecule has 1 saturated heterocycles. The average Bonchev–Trinajstić information content (AvgIpc) is 3.11. The summed E-state index contributed by atoms with van der Waals surface area (Å²) >= 11 is 0. The van der Waals surface area contributed by atoms with E-state index in [1.54, 1.807) is 25.1 Å². The Bertz CT molecular complexity index is 917. The molecule has 0 unspecified atom stereocenters. The molecule has 0 spiro atoms. The van der Waals surface area contributed by atoms with Crippen LogP contribution in [0, 0.1) is 6.92 Å². The van der Waals surface area contributed by atoms with E-state index in [1.165, 1.54) is 10.4 Å². The van der Waals surface area contributed by atoms with E-state index in [0.29, 0.717) is 55.3 Å². The molecule has 1 amide bonds. The third-order valence-electron chi connectivity index (χ3n) is 4.40. The van der Waals surface area contributed by atoms with Crippen LogP contribution in [-0.4, -0.2) is 50.1 Å². The van der Waals surface area contributed by atoms with Crippen molar-refractivity contribution in [1.29, 1.82) is 0 Å². The number of hydrogen-bond acceptors (Lipinski definition) is 6. The first kappa shape index (κ1) is 19.5. The fraction of sp³-hybridized carbons (Fsp3) is 0.444. The number of sulfonamides is 1. The van der Waals surface area contributed by atoms with Crippen molar-refractivity contribution in [1.82, 2.24) is 14.8 Å². The first-order valence-corrected chi connectivity index (χ1v) is 10.3. The van der Waals surface area contributed by atoms with E-state index in [0.717, 1.165) is 0 Å². The van der Waals surface area contributed by atoms with Crippen molar-refractivity contribution in [2.75, 3.05) is 26.3 Å². The second-order valence-electron chi connectivity index (χ2n) is 6.30. The smallest absolute Gasteiger partial charge is 0.251 e. The molecule has 3 rings (SSSR count). The summed E-state index contributed by atoms with van der Waals surface area (Å²) < 4.78 is 37.7. The number of carbonyl (C=O) groups excluding carboxylic acids is 1. The Kier molecular flexibility index (Phi) is 5.93. The summed E-state index contributed by atoms with van der Waals surface area (Å²) in [7, 11) is -3.68. The van der Waals surface area contributed by atoms with E-state index in [9.17, 15) is 13.2 Å². The number of carbonyl (C=O) groups is 1. The number of ether oxygens (including phenoxy) is 1. The van der Waals surface area contributed by atoms with Crippen LogP contribution in [0.1, 0.15) is 34.3 Å². The summed E-state index contributed by atoms with van der Waals surface area (Å²) in [5.41, 5.74) is 1.58. The van der Waals surface area contributed by atoms with Gasteiger partial charge >= 0.3 is 0 Å². The maximum atomic E-state index is 13.0. The maximum absolute atomic E-state index is 13.0. The molecule has 1 N–H and O–H groups in total. The Labute approximate surface area is 158 Å². The predicted octanol–water partition coefficient (Wildman–Crippen LogP) is 1.50. The van der Waals surface area contributed by atoms with Crippen LogP contribution in [0.25, 0.3) is 0 Å². The van der Waals surface area contributed by atoms with Gasteiger partial charge in [0.05, 0.1) is 24.7 Å². The van der Waals surface area contributed by atoms with Crippen LogP contribution in [0.3, 0.4) is 0 Å². The Morgan fingerprint density at radius 3 is 2.63 bits per heavy atom. The highest BCUT2D eigenvalue weighted by Gasteiger charge is 2.29. The van der Waals surface area contributed by atoms with Crippen LogP contribution in [0.15, 0.2) is 33.7 Å². The summed E-state index contributed by atoms with van der Waals surface area (Å²) in [4.78, 5) is 12.7. The average molecular weight is 393 g/mol. The number of benzene rings is 1. The van der Waals surface area contributed by atoms with Gasteiger partial charge in [-0.05, 0) is 31.0 Å². The van der Waals surface area contributed by atoms with Crippen LogP contribution in [0.2, 0.25) is 0 Å². The summed E-state index contributed by atoms with van der Waals surface area (Å²) in [5.74, 6) is 0.294. The second kappa shape index (κ2) is 8.20. The topological polar surface area (TPSA) is 102 Å². The van der Waals surface area contributed by atoms with Gasteiger partial charge in [0, 0.05) is 24.7 Å². The van der Waals surface area contributed by atoms with Crippen LogP contribution in [0.5, 0.6) is 0 Å². The molecule has 0 saturated carbocycles. The van der Waals surface area contributed by atoms with Crippen molar-refractivity contribution < 1.29 is 22.5 Å². The van der Waals surface area contributed by atoms with Crippen molar-refractivity contribution >= 4 is 15.9 Å². The van der Waals surface area contributed by atoms with Crippen molar-refractivity contribution in [3.05, 3.63) is 46.8 Å². The van der Waals surface area contributed by atoms with Gasteiger partial charge in [0.1, 0.15) is 11.5 Å². The van der Waals surface area contributed by atoms with Gasteiger partial charge in [0.15, 0.2) is 0 Å². The monoisotopic (exact) mass is 393 g/mol. The predicted molar refractivity (Wildman–Crippen MR) is 97.8 cm³/mol. The van der Waals surface area contributed by atoms with E-state index in [-0.39, 0.29) is 17.3 Å². The zero-order valence-electron chi connectivity index (χ0n) is 15.4. The fourth-order valence-corrected chi connectivity index (χ4v) is 4.66. The number of aromatic nitrogens is 1. The van der Waals surface area contributed by atoms with Crippen molar-refractivity contribution in [2.24, 2.45) is 0 Å². The van der Waals surface area contributed by atoms with Crippen LogP contribution in [0.4, 0.5) is 0 Å². The number of amides is 1. The minimum absolute atomic E-state index is 0.178. The van der Waals surface area contributed by atoms with E-state index < -0.39 is 10.0 Å². The third-order valence-corrected chi connectivity index (χ3v) is 6.39. The van der Waals surface area contributed by atoms with Crippen molar-refractivity contribution in [3.8, 4) is 0 Å². The van der Waals surface area contributed by atoms with Crippen molar-refractivity contribution in [2.45, 2.75) is 31.7 Å². The van der Waals surface area contributed by atoms with Gasteiger partial charge in [0.2, 0.25) is 10.0 Å². The normalized spacial score (nSPS) is 15.6. The molecule has 8 nitrogen and oxygen atoms in total. The number of morpholine rings is 1. The van der Waals surface area contributed by atoms with E-state index in [1.807, 2.05) is 6.92 Å². The molecule has 0 radical (unpaired) electrons. The molecule has 1 aromatic heterocycles. The van der Waals surface area contributed by atoms with E-state index in [2.05, 4.69) is 10.5 Å². The lowest BCUT2D eigenvalue weighted by Crippen LogP contribution is -2.41. The minimum atomic E-state index is -3.68. The molecule has 0 atom stereocenters. The zero-order valence-corrected chi connectivity index (χ0v) is 16.2. The highest BCUT2D eigenvalue weighted by molar-refractivity contribution is 7.89. The van der Waals surface area contributed by atoms with Gasteiger partial charge in [-0.25, -0.2) is 8.42 Å². The van der Waals surface area contributed by atoms with Gasteiger partial charge in [-0.3, -0.25) is 4.79 Å². The first-order chi connectivity index (χ1) is 12.9. The SMILES string of the molecule is CCc1ccc(C(=O)NCc2cc(C)on2)cc1S(=O)(=O)N1CCOCC1. The molecule has 1 aromatic carbocycles. The number of nitrogens with zero attached hydrogens (tertiary/aromatic N) is 2. The number of rotatable bonds is 6. The second-order valence-corrected chi connectivity index (χ2v) is 8.21. The highest BCUT2D eigenvalue weighted by Crippen LogP contribution is 2.23. The minimum Gasteiger partial charge on any atom is -0.379 e. The Morgan fingerprint density at radius 2 is 2.00 bits per heavy atom. The summed E-state index contributed by atoms with van der Waals surface area (Å²) in [6.45, 7) is 5.24. The first-order valence-electron chi connectivity index (χ1n) is 8.83. The largest absolute Gasteiger partial charge is 0.379 e. The number of hydrogen-bond donors (Lipinski definition) is 1. The fourth-order valence-electron chi connectivity index (χ4n) is 2.93. The van der Waals surface area contributed by atoms with Crippen LogP contribution < -0.4 is 5.32 Å². The number of aryl methyl sites for hydroxylation is 2. The Hall–Kier alpha value is -2.23. The molecule has 2 heterocycles.